The normalized spacial score (nSPS) is 20.8. The zero-order valence-electron chi connectivity index (χ0n) is 12.7. The Balaban J connectivity index is 1.91. The van der Waals surface area contributed by atoms with Gasteiger partial charge in [0.15, 0.2) is 0 Å². The molecule has 2 aromatic carbocycles. The lowest BCUT2D eigenvalue weighted by Crippen LogP contribution is -2.32. The summed E-state index contributed by atoms with van der Waals surface area (Å²) in [5.41, 5.74) is 8.85. The Morgan fingerprint density at radius 3 is 1.90 bits per heavy atom. The predicted octanol–water partition coefficient (Wildman–Crippen LogP) is 3.45. The summed E-state index contributed by atoms with van der Waals surface area (Å²) < 4.78 is 0. The first-order chi connectivity index (χ1) is 10.3. The smallest absolute Gasteiger partial charge is 0.0601 e. The van der Waals surface area contributed by atoms with Crippen LogP contribution < -0.4 is 5.73 Å². The van der Waals surface area contributed by atoms with Crippen molar-refractivity contribution in [2.75, 3.05) is 13.1 Å². The van der Waals surface area contributed by atoms with Gasteiger partial charge in [0, 0.05) is 12.6 Å². The minimum atomic E-state index is 0.280. The second-order valence-corrected chi connectivity index (χ2v) is 6.13. The molecule has 1 aliphatic rings. The van der Waals surface area contributed by atoms with Crippen molar-refractivity contribution in [3.8, 4) is 0 Å². The average Bonchev–Trinajstić information content (AvgIpc) is 3.00. The molecule has 1 fully saturated rings. The van der Waals surface area contributed by atoms with Gasteiger partial charge in [0.05, 0.1) is 6.04 Å². The molecule has 21 heavy (non-hydrogen) atoms. The van der Waals surface area contributed by atoms with Crippen LogP contribution in [0.1, 0.15) is 30.5 Å². The standard InChI is InChI=1S/C19H24N2/c1-15(20)18-12-13-21(14-18)19(16-8-4-2-5-9-16)17-10-6-3-7-11-17/h2-11,15,18-19H,12-14,20H2,1H3. The maximum atomic E-state index is 6.11. The molecule has 0 aliphatic carbocycles. The van der Waals surface area contributed by atoms with E-state index < -0.39 is 0 Å². The number of hydrogen-bond acceptors (Lipinski definition) is 2. The van der Waals surface area contributed by atoms with Gasteiger partial charge in [-0.15, -0.1) is 0 Å². The Bertz CT molecular complexity index is 511. The summed E-state index contributed by atoms with van der Waals surface area (Å²) in [6, 6.07) is 22.2. The van der Waals surface area contributed by atoms with Crippen LogP contribution in [0.15, 0.2) is 60.7 Å². The Morgan fingerprint density at radius 1 is 0.952 bits per heavy atom. The second kappa shape index (κ2) is 6.42. The molecule has 2 unspecified atom stereocenters. The number of nitrogens with zero attached hydrogens (tertiary/aromatic N) is 1. The van der Waals surface area contributed by atoms with E-state index in [1.165, 1.54) is 17.5 Å². The molecule has 2 aromatic rings. The third-order valence-corrected chi connectivity index (χ3v) is 4.60. The molecule has 2 nitrogen and oxygen atoms in total. The van der Waals surface area contributed by atoms with Crippen molar-refractivity contribution < 1.29 is 0 Å². The van der Waals surface area contributed by atoms with Crippen LogP contribution in [0.25, 0.3) is 0 Å². The van der Waals surface area contributed by atoms with Crippen LogP contribution in [0.2, 0.25) is 0 Å². The summed E-state index contributed by atoms with van der Waals surface area (Å²) in [4.78, 5) is 2.58. The number of benzene rings is 2. The van der Waals surface area contributed by atoms with Crippen LogP contribution in [-0.2, 0) is 0 Å². The fourth-order valence-electron chi connectivity index (χ4n) is 3.36. The van der Waals surface area contributed by atoms with Crippen LogP contribution in [0.3, 0.4) is 0 Å². The van der Waals surface area contributed by atoms with E-state index >= 15 is 0 Å². The van der Waals surface area contributed by atoms with Gasteiger partial charge in [-0.25, -0.2) is 0 Å². The summed E-state index contributed by atoms with van der Waals surface area (Å²) in [5, 5.41) is 0. The van der Waals surface area contributed by atoms with E-state index in [9.17, 15) is 0 Å². The van der Waals surface area contributed by atoms with E-state index in [2.05, 4.69) is 72.5 Å². The molecule has 0 bridgehead atoms. The Morgan fingerprint density at radius 2 is 1.48 bits per heavy atom. The van der Waals surface area contributed by atoms with Crippen molar-refractivity contribution in [2.45, 2.75) is 25.4 Å². The molecule has 1 heterocycles. The van der Waals surface area contributed by atoms with E-state index in [4.69, 9.17) is 5.73 Å². The summed E-state index contributed by atoms with van der Waals surface area (Å²) in [7, 11) is 0. The number of hydrogen-bond donors (Lipinski definition) is 1. The van der Waals surface area contributed by atoms with Gasteiger partial charge in [0.25, 0.3) is 0 Å². The highest BCUT2D eigenvalue weighted by molar-refractivity contribution is 5.32. The van der Waals surface area contributed by atoms with Crippen molar-refractivity contribution in [3.63, 3.8) is 0 Å². The maximum Gasteiger partial charge on any atom is 0.0601 e. The molecule has 0 amide bonds. The minimum absolute atomic E-state index is 0.280. The number of likely N-dealkylation sites (tertiary alicyclic amines) is 1. The summed E-state index contributed by atoms with van der Waals surface area (Å²) in [6.45, 7) is 4.35. The Kier molecular flexibility index (Phi) is 4.37. The van der Waals surface area contributed by atoms with Gasteiger partial charge in [-0.3, -0.25) is 4.90 Å². The molecular formula is C19H24N2. The van der Waals surface area contributed by atoms with Crippen molar-refractivity contribution in [1.29, 1.82) is 0 Å². The molecule has 1 saturated heterocycles. The third-order valence-electron chi connectivity index (χ3n) is 4.60. The van der Waals surface area contributed by atoms with Gasteiger partial charge in [-0.05, 0) is 36.9 Å². The van der Waals surface area contributed by atoms with Crippen LogP contribution in [0, 0.1) is 5.92 Å². The maximum absolute atomic E-state index is 6.11. The predicted molar refractivity (Wildman–Crippen MR) is 88.1 cm³/mol. The monoisotopic (exact) mass is 280 g/mol. The van der Waals surface area contributed by atoms with Gasteiger partial charge in [0.2, 0.25) is 0 Å². The van der Waals surface area contributed by atoms with Crippen LogP contribution >= 0.6 is 0 Å². The van der Waals surface area contributed by atoms with Gasteiger partial charge in [-0.1, -0.05) is 60.7 Å². The van der Waals surface area contributed by atoms with E-state index in [1.54, 1.807) is 0 Å². The molecule has 2 heteroatoms. The van der Waals surface area contributed by atoms with E-state index in [0.717, 1.165) is 13.1 Å². The zero-order valence-corrected chi connectivity index (χ0v) is 12.7. The fraction of sp³-hybridized carbons (Fsp3) is 0.368. The first kappa shape index (κ1) is 14.3. The highest BCUT2D eigenvalue weighted by atomic mass is 15.2. The van der Waals surface area contributed by atoms with Gasteiger partial charge >= 0.3 is 0 Å². The third kappa shape index (κ3) is 3.17. The molecule has 0 aromatic heterocycles. The molecule has 110 valence electrons. The molecule has 0 radical (unpaired) electrons. The number of nitrogens with two attached hydrogens (primary N) is 1. The molecule has 2 atom stereocenters. The van der Waals surface area contributed by atoms with Gasteiger partial charge in [0.1, 0.15) is 0 Å². The van der Waals surface area contributed by atoms with Crippen molar-refractivity contribution >= 4 is 0 Å². The quantitative estimate of drug-likeness (QED) is 0.929. The lowest BCUT2D eigenvalue weighted by atomic mass is 9.97. The van der Waals surface area contributed by atoms with Crippen molar-refractivity contribution in [2.24, 2.45) is 11.7 Å². The van der Waals surface area contributed by atoms with E-state index in [-0.39, 0.29) is 6.04 Å². The highest BCUT2D eigenvalue weighted by Gasteiger charge is 2.31. The minimum Gasteiger partial charge on any atom is -0.328 e. The molecule has 3 rings (SSSR count). The molecule has 2 N–H and O–H groups in total. The lowest BCUT2D eigenvalue weighted by Gasteiger charge is -2.29. The average molecular weight is 280 g/mol. The van der Waals surface area contributed by atoms with Crippen LogP contribution in [-0.4, -0.2) is 24.0 Å². The Labute approximate surface area is 127 Å². The largest absolute Gasteiger partial charge is 0.328 e. The molecule has 0 spiro atoms. The van der Waals surface area contributed by atoms with Gasteiger partial charge < -0.3 is 5.73 Å². The molecule has 1 aliphatic heterocycles. The highest BCUT2D eigenvalue weighted by Crippen LogP contribution is 2.33. The van der Waals surface area contributed by atoms with Crippen molar-refractivity contribution in [3.05, 3.63) is 71.8 Å². The van der Waals surface area contributed by atoms with Crippen LogP contribution in [0.5, 0.6) is 0 Å². The first-order valence-corrected chi connectivity index (χ1v) is 7.85. The number of rotatable bonds is 4. The summed E-state index contributed by atoms with van der Waals surface area (Å²) in [5.74, 6) is 0.611. The summed E-state index contributed by atoms with van der Waals surface area (Å²) in [6.07, 6.45) is 1.20. The molecule has 0 saturated carbocycles. The lowest BCUT2D eigenvalue weighted by molar-refractivity contribution is 0.264. The molecular weight excluding hydrogens is 256 g/mol. The second-order valence-electron chi connectivity index (χ2n) is 6.13. The SMILES string of the molecule is CC(N)C1CCN(C(c2ccccc2)c2ccccc2)C1. The van der Waals surface area contributed by atoms with Gasteiger partial charge in [-0.2, -0.15) is 0 Å². The topological polar surface area (TPSA) is 29.3 Å². The Hall–Kier alpha value is -1.64. The summed E-state index contributed by atoms with van der Waals surface area (Å²) >= 11 is 0. The zero-order chi connectivity index (χ0) is 14.7. The van der Waals surface area contributed by atoms with Crippen LogP contribution in [0.4, 0.5) is 0 Å². The first-order valence-electron chi connectivity index (χ1n) is 7.85. The van der Waals surface area contributed by atoms with E-state index in [1.807, 2.05) is 0 Å². The van der Waals surface area contributed by atoms with Crippen molar-refractivity contribution in [1.82, 2.24) is 4.90 Å². The fourth-order valence-corrected chi connectivity index (χ4v) is 3.36. The van der Waals surface area contributed by atoms with E-state index in [0.29, 0.717) is 12.0 Å².